The van der Waals surface area contributed by atoms with Gasteiger partial charge in [-0.05, 0) is 56.1 Å². The molecule has 0 spiro atoms. The molecule has 0 bridgehead atoms. The summed E-state index contributed by atoms with van der Waals surface area (Å²) in [6.45, 7) is 11.3. The molecule has 3 atom stereocenters. The Balaban J connectivity index is 1.13. The molecule has 3 aromatic rings. The van der Waals surface area contributed by atoms with Crippen molar-refractivity contribution in [2.24, 2.45) is 0 Å². The molecule has 2 saturated heterocycles. The number of aromatic nitrogens is 3. The Morgan fingerprint density at radius 2 is 2.00 bits per heavy atom. The fourth-order valence-electron chi connectivity index (χ4n) is 6.11. The summed E-state index contributed by atoms with van der Waals surface area (Å²) in [7, 11) is 5.85. The molecule has 2 radical (unpaired) electrons. The van der Waals surface area contributed by atoms with E-state index in [1.165, 1.54) is 11.1 Å². The number of aromatic amines is 1. The Morgan fingerprint density at radius 1 is 1.18 bits per heavy atom. The van der Waals surface area contributed by atoms with Crippen molar-refractivity contribution < 1.29 is 4.74 Å². The first-order valence-electron chi connectivity index (χ1n) is 13.7. The molecule has 3 aliphatic rings. The van der Waals surface area contributed by atoms with Crippen molar-refractivity contribution >= 4 is 36.0 Å². The Labute approximate surface area is 229 Å². The van der Waals surface area contributed by atoms with Crippen LogP contribution in [-0.2, 0) is 11.2 Å². The molecule has 5 heterocycles. The van der Waals surface area contributed by atoms with Gasteiger partial charge < -0.3 is 24.8 Å². The number of hydrogen-bond donors (Lipinski definition) is 2. The number of benzene rings is 1. The van der Waals surface area contributed by atoms with Gasteiger partial charge in [0, 0.05) is 58.1 Å². The molecule has 2 aromatic heterocycles. The zero-order chi connectivity index (χ0) is 27.1. The van der Waals surface area contributed by atoms with Crippen LogP contribution in [0.1, 0.15) is 36.6 Å². The molecule has 0 aliphatic carbocycles. The van der Waals surface area contributed by atoms with E-state index in [1.807, 2.05) is 12.3 Å². The summed E-state index contributed by atoms with van der Waals surface area (Å²) in [6, 6.07) is 8.40. The van der Waals surface area contributed by atoms with Crippen molar-refractivity contribution in [3.05, 3.63) is 51.4 Å². The SMILES string of the molecule is [B]c1nc2c(N3CC(C)OC(CN4CCN(c5cc6c(cn5)[C@@H](C)NCC6)CC4)C3)ccc(C#N)c2[nH]c1=O. The van der Waals surface area contributed by atoms with Crippen LogP contribution in [0.3, 0.4) is 0 Å². The second-order valence-corrected chi connectivity index (χ2v) is 10.8. The van der Waals surface area contributed by atoms with Crippen molar-refractivity contribution in [2.75, 3.05) is 62.2 Å². The van der Waals surface area contributed by atoms with Gasteiger partial charge >= 0.3 is 0 Å². The van der Waals surface area contributed by atoms with Gasteiger partial charge in [-0.3, -0.25) is 14.7 Å². The van der Waals surface area contributed by atoms with Gasteiger partial charge in [0.25, 0.3) is 5.56 Å². The number of nitrogens with zero attached hydrogens (tertiary/aromatic N) is 6. The van der Waals surface area contributed by atoms with Crippen molar-refractivity contribution in [2.45, 2.75) is 38.5 Å². The van der Waals surface area contributed by atoms with E-state index in [1.54, 1.807) is 6.07 Å². The summed E-state index contributed by atoms with van der Waals surface area (Å²) in [6.07, 6.45) is 3.13. The van der Waals surface area contributed by atoms with Crippen LogP contribution in [0.5, 0.6) is 0 Å². The second kappa shape index (κ2) is 10.6. The summed E-state index contributed by atoms with van der Waals surface area (Å²) < 4.78 is 6.35. The molecule has 6 rings (SSSR count). The number of anilines is 2. The Hall–Kier alpha value is -3.46. The minimum atomic E-state index is -0.485. The first-order chi connectivity index (χ1) is 18.9. The highest BCUT2D eigenvalue weighted by Gasteiger charge is 2.30. The summed E-state index contributed by atoms with van der Waals surface area (Å²) >= 11 is 0. The van der Waals surface area contributed by atoms with Crippen LogP contribution >= 0.6 is 0 Å². The summed E-state index contributed by atoms with van der Waals surface area (Å²) in [4.78, 5) is 31.1. The lowest BCUT2D eigenvalue weighted by atomic mass is 9.97. The highest BCUT2D eigenvalue weighted by atomic mass is 16.5. The van der Waals surface area contributed by atoms with E-state index < -0.39 is 5.56 Å². The topological polar surface area (TPSA) is 113 Å². The number of ether oxygens (including phenoxy) is 1. The number of H-pyrrole nitrogens is 1. The third kappa shape index (κ3) is 5.12. The van der Waals surface area contributed by atoms with Crippen LogP contribution in [0, 0.1) is 11.3 Å². The third-order valence-corrected chi connectivity index (χ3v) is 8.13. The first-order valence-corrected chi connectivity index (χ1v) is 13.7. The molecule has 0 saturated carbocycles. The lowest BCUT2D eigenvalue weighted by molar-refractivity contribution is -0.0327. The highest BCUT2D eigenvalue weighted by Crippen LogP contribution is 2.29. The average Bonchev–Trinajstić information content (AvgIpc) is 2.93. The molecule has 3 aliphatic heterocycles. The number of nitrogens with one attached hydrogen (secondary N) is 2. The van der Waals surface area contributed by atoms with Gasteiger partial charge in [-0.15, -0.1) is 0 Å². The number of hydrogen-bond acceptors (Lipinski definition) is 9. The number of piperazine rings is 1. The maximum atomic E-state index is 12.1. The summed E-state index contributed by atoms with van der Waals surface area (Å²) in [5.41, 5.74) is 4.31. The maximum Gasteiger partial charge on any atom is 0.259 e. The predicted octanol–water partition coefficient (Wildman–Crippen LogP) is 0.606. The second-order valence-electron chi connectivity index (χ2n) is 10.8. The molecule has 200 valence electrons. The lowest BCUT2D eigenvalue weighted by Crippen LogP contribution is -2.54. The largest absolute Gasteiger partial charge is 0.370 e. The number of fused-ring (bicyclic) bond motifs is 2. The fourth-order valence-corrected chi connectivity index (χ4v) is 6.11. The highest BCUT2D eigenvalue weighted by molar-refractivity contribution is 6.30. The summed E-state index contributed by atoms with van der Waals surface area (Å²) in [5.74, 6) is 1.08. The fraction of sp³-hybridized carbons (Fsp3) is 0.500. The monoisotopic (exact) mass is 524 g/mol. The molecule has 11 heteroatoms. The van der Waals surface area contributed by atoms with Gasteiger partial charge in [0.2, 0.25) is 0 Å². The van der Waals surface area contributed by atoms with Gasteiger partial charge in [-0.25, -0.2) is 4.98 Å². The minimum absolute atomic E-state index is 0.0157. The Kier molecular flexibility index (Phi) is 7.02. The van der Waals surface area contributed by atoms with Gasteiger partial charge in [0.15, 0.2) is 0 Å². The van der Waals surface area contributed by atoms with E-state index in [2.05, 4.69) is 56.0 Å². The van der Waals surface area contributed by atoms with Crippen LogP contribution < -0.4 is 26.3 Å². The van der Waals surface area contributed by atoms with E-state index in [4.69, 9.17) is 17.6 Å². The van der Waals surface area contributed by atoms with E-state index in [9.17, 15) is 10.1 Å². The molecule has 10 nitrogen and oxygen atoms in total. The smallest absolute Gasteiger partial charge is 0.259 e. The molecule has 39 heavy (non-hydrogen) atoms. The molecular weight excluding hydrogens is 491 g/mol. The van der Waals surface area contributed by atoms with Crippen LogP contribution in [0.25, 0.3) is 11.0 Å². The maximum absolute atomic E-state index is 12.1. The number of pyridine rings is 1. The number of rotatable bonds is 4. The summed E-state index contributed by atoms with van der Waals surface area (Å²) in [5, 5.41) is 13.0. The number of morpholine rings is 1. The zero-order valence-corrected chi connectivity index (χ0v) is 22.5. The zero-order valence-electron chi connectivity index (χ0n) is 22.5. The van der Waals surface area contributed by atoms with Gasteiger partial charge in [-0.2, -0.15) is 5.26 Å². The first kappa shape index (κ1) is 25.8. The van der Waals surface area contributed by atoms with Crippen LogP contribution in [-0.4, -0.2) is 92.3 Å². The third-order valence-electron chi connectivity index (χ3n) is 8.13. The van der Waals surface area contributed by atoms with Gasteiger partial charge in [0.05, 0.1) is 34.6 Å². The van der Waals surface area contributed by atoms with Crippen molar-refractivity contribution in [1.82, 2.24) is 25.2 Å². The van der Waals surface area contributed by atoms with Gasteiger partial charge in [0.1, 0.15) is 25.3 Å². The molecule has 0 amide bonds. The van der Waals surface area contributed by atoms with Crippen LogP contribution in [0.2, 0.25) is 0 Å². The molecule has 2 N–H and O–H groups in total. The minimum Gasteiger partial charge on any atom is -0.370 e. The van der Waals surface area contributed by atoms with Gasteiger partial charge in [-0.1, -0.05) is 0 Å². The van der Waals surface area contributed by atoms with Crippen molar-refractivity contribution in [1.29, 1.82) is 5.26 Å². The van der Waals surface area contributed by atoms with Crippen LogP contribution in [0.4, 0.5) is 11.5 Å². The van der Waals surface area contributed by atoms with E-state index in [-0.39, 0.29) is 17.8 Å². The number of nitriles is 1. The van der Waals surface area contributed by atoms with Crippen molar-refractivity contribution in [3.63, 3.8) is 0 Å². The Bertz CT molecular complexity index is 1480. The predicted molar refractivity (Wildman–Crippen MR) is 152 cm³/mol. The van der Waals surface area contributed by atoms with E-state index in [0.717, 1.165) is 57.2 Å². The molecule has 2 unspecified atom stereocenters. The quantitative estimate of drug-likeness (QED) is 0.474. The molecule has 2 fully saturated rings. The average molecular weight is 524 g/mol. The molecule has 1 aromatic carbocycles. The Morgan fingerprint density at radius 3 is 2.79 bits per heavy atom. The lowest BCUT2D eigenvalue weighted by Gasteiger charge is -2.42. The van der Waals surface area contributed by atoms with E-state index in [0.29, 0.717) is 35.7 Å². The molecular formula is C28H33BN8O2. The van der Waals surface area contributed by atoms with Crippen LogP contribution in [0.15, 0.2) is 29.2 Å². The van der Waals surface area contributed by atoms with Crippen molar-refractivity contribution in [3.8, 4) is 6.07 Å². The normalized spacial score (nSPS) is 24.0. The standard InChI is InChI=1S/C28H33BN8O2/c1-17-14-37(23-4-3-20(12-30)25-26(23)33-27(29)28(38)34-25)16-21(39-17)15-35-7-9-36(10-8-35)24-11-19-5-6-31-18(2)22(19)13-32-24/h3-4,11,13,17-18,21,31H,5-10,14-16H2,1-2H3,(H,34,38)/t17?,18-,21?/m1/s1. The van der Waals surface area contributed by atoms with E-state index >= 15 is 0 Å².